The van der Waals surface area contributed by atoms with Gasteiger partial charge < -0.3 is 5.32 Å². The summed E-state index contributed by atoms with van der Waals surface area (Å²) in [6.07, 6.45) is 2.35. The monoisotopic (exact) mass is 300 g/mol. The fraction of sp³-hybridized carbons (Fsp3) is 0.188. The van der Waals surface area contributed by atoms with Crippen molar-refractivity contribution in [3.05, 3.63) is 47.0 Å². The van der Waals surface area contributed by atoms with Gasteiger partial charge in [-0.2, -0.15) is 0 Å². The molecule has 1 aliphatic heterocycles. The second-order valence-corrected chi connectivity index (χ2v) is 6.50. The van der Waals surface area contributed by atoms with Crippen LogP contribution in [0.4, 0.5) is 5.69 Å². The standard InChI is InChI=1S/C16H13ClN2S/c17-12-4-6-14-15(9-12)20-16(19-14)11-3-5-13-10(8-11)2-1-7-18-13/h3-6,8-9,18H,1-2,7H2. The molecule has 0 saturated carbocycles. The third-order valence-electron chi connectivity index (χ3n) is 3.64. The summed E-state index contributed by atoms with van der Waals surface area (Å²) in [5.74, 6) is 0. The number of aryl methyl sites for hydroxylation is 1. The molecule has 0 aliphatic carbocycles. The molecule has 2 nitrogen and oxygen atoms in total. The summed E-state index contributed by atoms with van der Waals surface area (Å²) in [7, 11) is 0. The second kappa shape index (κ2) is 4.76. The molecule has 100 valence electrons. The minimum Gasteiger partial charge on any atom is -0.385 e. The van der Waals surface area contributed by atoms with Gasteiger partial charge in [0.1, 0.15) is 5.01 Å². The van der Waals surface area contributed by atoms with Crippen molar-refractivity contribution in [2.75, 3.05) is 11.9 Å². The molecule has 0 bridgehead atoms. The quantitative estimate of drug-likeness (QED) is 0.686. The molecule has 1 aromatic heterocycles. The number of halogens is 1. The van der Waals surface area contributed by atoms with E-state index in [1.165, 1.54) is 23.2 Å². The second-order valence-electron chi connectivity index (χ2n) is 5.03. The van der Waals surface area contributed by atoms with E-state index < -0.39 is 0 Å². The molecule has 0 fully saturated rings. The van der Waals surface area contributed by atoms with Crippen LogP contribution in [0.2, 0.25) is 5.02 Å². The van der Waals surface area contributed by atoms with Crippen molar-refractivity contribution in [1.29, 1.82) is 0 Å². The topological polar surface area (TPSA) is 24.9 Å². The van der Waals surface area contributed by atoms with Crippen molar-refractivity contribution in [1.82, 2.24) is 4.98 Å². The van der Waals surface area contributed by atoms with Crippen LogP contribution in [0.15, 0.2) is 36.4 Å². The Morgan fingerprint density at radius 2 is 2.10 bits per heavy atom. The minimum absolute atomic E-state index is 0.766. The smallest absolute Gasteiger partial charge is 0.124 e. The maximum Gasteiger partial charge on any atom is 0.124 e. The first-order valence-electron chi connectivity index (χ1n) is 6.73. The number of benzene rings is 2. The third kappa shape index (κ3) is 2.07. The van der Waals surface area contributed by atoms with Crippen LogP contribution in [0.25, 0.3) is 20.8 Å². The van der Waals surface area contributed by atoms with Gasteiger partial charge in [0.25, 0.3) is 0 Å². The van der Waals surface area contributed by atoms with Gasteiger partial charge in [-0.3, -0.25) is 0 Å². The average molecular weight is 301 g/mol. The van der Waals surface area contributed by atoms with E-state index in [0.29, 0.717) is 0 Å². The van der Waals surface area contributed by atoms with Gasteiger partial charge in [-0.15, -0.1) is 11.3 Å². The predicted octanol–water partition coefficient (Wildman–Crippen LogP) is 4.97. The Kier molecular flexibility index (Phi) is 2.90. The molecule has 20 heavy (non-hydrogen) atoms. The van der Waals surface area contributed by atoms with Gasteiger partial charge in [0.15, 0.2) is 0 Å². The highest BCUT2D eigenvalue weighted by Crippen LogP contribution is 2.34. The number of hydrogen-bond donors (Lipinski definition) is 1. The number of nitrogens with one attached hydrogen (secondary N) is 1. The highest BCUT2D eigenvalue weighted by Gasteiger charge is 2.12. The van der Waals surface area contributed by atoms with E-state index >= 15 is 0 Å². The first kappa shape index (κ1) is 12.2. The van der Waals surface area contributed by atoms with Crippen LogP contribution in [-0.4, -0.2) is 11.5 Å². The van der Waals surface area contributed by atoms with E-state index in [0.717, 1.165) is 33.2 Å². The van der Waals surface area contributed by atoms with Crippen molar-refractivity contribution in [3.63, 3.8) is 0 Å². The Morgan fingerprint density at radius 3 is 3.05 bits per heavy atom. The zero-order chi connectivity index (χ0) is 13.5. The van der Waals surface area contributed by atoms with Gasteiger partial charge >= 0.3 is 0 Å². The molecular formula is C16H13ClN2S. The predicted molar refractivity (Wildman–Crippen MR) is 86.9 cm³/mol. The Labute approximate surface area is 126 Å². The van der Waals surface area contributed by atoms with E-state index in [4.69, 9.17) is 16.6 Å². The zero-order valence-corrected chi connectivity index (χ0v) is 12.4. The molecule has 0 spiro atoms. The summed E-state index contributed by atoms with van der Waals surface area (Å²) in [6.45, 7) is 1.08. The molecular weight excluding hydrogens is 288 g/mol. The molecule has 4 heteroatoms. The molecule has 1 aliphatic rings. The Bertz CT molecular complexity index is 794. The normalized spacial score (nSPS) is 14.1. The Hall–Kier alpha value is -1.58. The van der Waals surface area contributed by atoms with Crippen LogP contribution in [-0.2, 0) is 6.42 Å². The van der Waals surface area contributed by atoms with E-state index in [1.807, 2.05) is 18.2 Å². The molecule has 3 aromatic rings. The highest BCUT2D eigenvalue weighted by atomic mass is 35.5. The number of hydrogen-bond acceptors (Lipinski definition) is 3. The number of thiazole rings is 1. The van der Waals surface area contributed by atoms with E-state index in [2.05, 4.69) is 23.5 Å². The van der Waals surface area contributed by atoms with Crippen molar-refractivity contribution >= 4 is 38.8 Å². The zero-order valence-electron chi connectivity index (χ0n) is 10.8. The van der Waals surface area contributed by atoms with Crippen LogP contribution in [0.1, 0.15) is 12.0 Å². The summed E-state index contributed by atoms with van der Waals surface area (Å²) < 4.78 is 1.14. The lowest BCUT2D eigenvalue weighted by atomic mass is 10.0. The van der Waals surface area contributed by atoms with Crippen molar-refractivity contribution in [2.24, 2.45) is 0 Å². The summed E-state index contributed by atoms with van der Waals surface area (Å²) in [5, 5.41) is 5.27. The highest BCUT2D eigenvalue weighted by molar-refractivity contribution is 7.21. The summed E-state index contributed by atoms with van der Waals surface area (Å²) in [5.41, 5.74) is 4.88. The number of aromatic nitrogens is 1. The van der Waals surface area contributed by atoms with Crippen molar-refractivity contribution in [3.8, 4) is 10.6 Å². The molecule has 0 radical (unpaired) electrons. The minimum atomic E-state index is 0.766. The summed E-state index contributed by atoms with van der Waals surface area (Å²) in [4.78, 5) is 4.71. The average Bonchev–Trinajstić information content (AvgIpc) is 2.89. The maximum absolute atomic E-state index is 6.04. The first-order chi connectivity index (χ1) is 9.79. The number of fused-ring (bicyclic) bond motifs is 2. The van der Waals surface area contributed by atoms with E-state index in [9.17, 15) is 0 Å². The van der Waals surface area contributed by atoms with Gasteiger partial charge in [-0.05, 0) is 54.8 Å². The van der Waals surface area contributed by atoms with Crippen molar-refractivity contribution < 1.29 is 0 Å². The van der Waals surface area contributed by atoms with Gasteiger partial charge in [-0.1, -0.05) is 11.6 Å². The molecule has 4 rings (SSSR count). The summed E-state index contributed by atoms with van der Waals surface area (Å²) >= 11 is 7.74. The molecule has 2 heterocycles. The van der Waals surface area contributed by atoms with Crippen molar-refractivity contribution in [2.45, 2.75) is 12.8 Å². The fourth-order valence-corrected chi connectivity index (χ4v) is 3.87. The lowest BCUT2D eigenvalue weighted by Crippen LogP contribution is -2.11. The van der Waals surface area contributed by atoms with Crippen LogP contribution in [0.5, 0.6) is 0 Å². The number of anilines is 1. The van der Waals surface area contributed by atoms with Crippen LogP contribution in [0, 0.1) is 0 Å². The number of nitrogens with zero attached hydrogens (tertiary/aromatic N) is 1. The molecule has 0 amide bonds. The lowest BCUT2D eigenvalue weighted by Gasteiger charge is -2.18. The molecule has 0 saturated heterocycles. The summed E-state index contributed by atoms with van der Waals surface area (Å²) in [6, 6.07) is 12.4. The first-order valence-corrected chi connectivity index (χ1v) is 7.92. The molecule has 1 N–H and O–H groups in total. The largest absolute Gasteiger partial charge is 0.385 e. The van der Waals surface area contributed by atoms with Gasteiger partial charge in [0.05, 0.1) is 10.2 Å². The molecule has 0 unspecified atom stereocenters. The maximum atomic E-state index is 6.04. The fourth-order valence-electron chi connectivity index (χ4n) is 2.63. The van der Waals surface area contributed by atoms with Gasteiger partial charge in [0, 0.05) is 22.8 Å². The Balaban J connectivity index is 1.82. The van der Waals surface area contributed by atoms with Crippen LogP contribution < -0.4 is 5.32 Å². The molecule has 0 atom stereocenters. The molecule has 2 aromatic carbocycles. The SMILES string of the molecule is Clc1ccc2nc(-c3ccc4c(c3)CCCN4)sc2c1. The van der Waals surface area contributed by atoms with Crippen LogP contribution >= 0.6 is 22.9 Å². The van der Waals surface area contributed by atoms with Crippen LogP contribution in [0.3, 0.4) is 0 Å². The number of rotatable bonds is 1. The lowest BCUT2D eigenvalue weighted by molar-refractivity contribution is 0.830. The van der Waals surface area contributed by atoms with E-state index in [1.54, 1.807) is 11.3 Å². The van der Waals surface area contributed by atoms with Gasteiger partial charge in [-0.25, -0.2) is 4.98 Å². The third-order valence-corrected chi connectivity index (χ3v) is 4.94. The van der Waals surface area contributed by atoms with E-state index in [-0.39, 0.29) is 0 Å². The van der Waals surface area contributed by atoms with Gasteiger partial charge in [0.2, 0.25) is 0 Å². The Morgan fingerprint density at radius 1 is 1.15 bits per heavy atom.